The van der Waals surface area contributed by atoms with Crippen LogP contribution in [0.5, 0.6) is 0 Å². The summed E-state index contributed by atoms with van der Waals surface area (Å²) in [4.78, 5) is 14.9. The lowest BCUT2D eigenvalue weighted by atomic mass is 9.82. The summed E-state index contributed by atoms with van der Waals surface area (Å²) in [7, 11) is 0. The molecule has 1 N–H and O–H groups in total. The summed E-state index contributed by atoms with van der Waals surface area (Å²) in [6.07, 6.45) is 2.75. The first kappa shape index (κ1) is 17.5. The minimum atomic E-state index is -0.381. The number of piperidine rings is 1. The molecule has 2 heterocycles. The number of nitrogens with zero attached hydrogens (tertiary/aromatic N) is 1. The zero-order valence-electron chi connectivity index (χ0n) is 14.6. The summed E-state index contributed by atoms with van der Waals surface area (Å²) in [5, 5.41) is 3.45. The lowest BCUT2D eigenvalue weighted by Gasteiger charge is -2.39. The van der Waals surface area contributed by atoms with Crippen LogP contribution >= 0.6 is 11.6 Å². The first-order valence-corrected chi connectivity index (χ1v) is 9.46. The van der Waals surface area contributed by atoms with Crippen molar-refractivity contribution in [2.45, 2.75) is 37.3 Å². The van der Waals surface area contributed by atoms with E-state index in [-0.39, 0.29) is 28.2 Å². The molecule has 0 aliphatic carbocycles. The lowest BCUT2D eigenvalue weighted by molar-refractivity contribution is -0.121. The highest BCUT2D eigenvalue weighted by atomic mass is 35.5. The fourth-order valence-corrected chi connectivity index (χ4v) is 4.41. The highest BCUT2D eigenvalue weighted by Crippen LogP contribution is 2.39. The van der Waals surface area contributed by atoms with Crippen LogP contribution in [0.2, 0.25) is 5.02 Å². The molecule has 2 aliphatic heterocycles. The van der Waals surface area contributed by atoms with E-state index in [9.17, 15) is 9.18 Å². The molecular formula is C21H22ClFN2O. The van der Waals surface area contributed by atoms with E-state index in [2.05, 4.69) is 10.2 Å². The van der Waals surface area contributed by atoms with Crippen LogP contribution in [0, 0.1) is 5.82 Å². The van der Waals surface area contributed by atoms with Gasteiger partial charge in [-0.15, -0.1) is 0 Å². The van der Waals surface area contributed by atoms with Crippen LogP contribution in [-0.4, -0.2) is 29.4 Å². The number of carbonyl (C=O) groups excluding carboxylic acids is 1. The number of hydrogen-bond donors (Lipinski definition) is 1. The molecule has 2 saturated heterocycles. The molecule has 26 heavy (non-hydrogen) atoms. The first-order chi connectivity index (χ1) is 12.5. The van der Waals surface area contributed by atoms with E-state index in [1.807, 2.05) is 30.3 Å². The molecule has 2 aromatic rings. The molecule has 2 fully saturated rings. The van der Waals surface area contributed by atoms with Gasteiger partial charge in [-0.2, -0.15) is 0 Å². The van der Waals surface area contributed by atoms with Gasteiger partial charge in [0.15, 0.2) is 0 Å². The van der Waals surface area contributed by atoms with E-state index in [0.29, 0.717) is 0 Å². The van der Waals surface area contributed by atoms with Gasteiger partial charge in [-0.3, -0.25) is 9.69 Å². The molecule has 0 saturated carbocycles. The van der Waals surface area contributed by atoms with Crippen LogP contribution in [0.3, 0.4) is 0 Å². The number of carbonyl (C=O) groups is 1. The van der Waals surface area contributed by atoms with Crippen LogP contribution in [0.25, 0.3) is 0 Å². The van der Waals surface area contributed by atoms with Crippen molar-refractivity contribution >= 4 is 17.5 Å². The third-order valence-electron chi connectivity index (χ3n) is 5.71. The Bertz CT molecular complexity index is 803. The molecule has 1 spiro atoms. The second kappa shape index (κ2) is 7.01. The first-order valence-electron chi connectivity index (χ1n) is 9.08. The molecule has 1 amide bonds. The van der Waals surface area contributed by atoms with Crippen LogP contribution < -0.4 is 5.32 Å². The molecule has 0 radical (unpaired) electrons. The van der Waals surface area contributed by atoms with Crippen molar-refractivity contribution in [3.05, 3.63) is 70.5 Å². The van der Waals surface area contributed by atoms with Gasteiger partial charge in [-0.05, 0) is 42.5 Å². The minimum Gasteiger partial charge on any atom is -0.350 e. The Morgan fingerprint density at radius 1 is 1.15 bits per heavy atom. The van der Waals surface area contributed by atoms with Crippen LogP contribution in [0.4, 0.5) is 4.39 Å². The maximum Gasteiger partial charge on any atom is 0.228 e. The molecular weight excluding hydrogens is 351 g/mol. The second-order valence-corrected chi connectivity index (χ2v) is 7.87. The smallest absolute Gasteiger partial charge is 0.228 e. The standard InChI is InChI=1S/C21H22ClFN2O/c22-18-12-15(6-7-19(18)23)14-25-10-8-21(9-11-25)13-17(20(26)24-21)16-4-2-1-3-5-16/h1-7,12,17H,8-11,13-14H2,(H,24,26)/t17-/m1/s1. The van der Waals surface area contributed by atoms with Gasteiger partial charge in [0, 0.05) is 25.2 Å². The summed E-state index contributed by atoms with van der Waals surface area (Å²) in [5.41, 5.74) is 2.03. The van der Waals surface area contributed by atoms with Gasteiger partial charge >= 0.3 is 0 Å². The molecule has 3 nitrogen and oxygen atoms in total. The third kappa shape index (κ3) is 3.49. The Hall–Kier alpha value is -1.91. The van der Waals surface area contributed by atoms with Crippen LogP contribution in [-0.2, 0) is 11.3 Å². The van der Waals surface area contributed by atoms with E-state index in [4.69, 9.17) is 11.6 Å². The Labute approximate surface area is 158 Å². The molecule has 5 heteroatoms. The van der Waals surface area contributed by atoms with E-state index < -0.39 is 0 Å². The molecule has 2 aliphatic rings. The Kier molecular flexibility index (Phi) is 4.72. The van der Waals surface area contributed by atoms with E-state index in [1.165, 1.54) is 6.07 Å². The summed E-state index contributed by atoms with van der Waals surface area (Å²) in [6, 6.07) is 14.9. The summed E-state index contributed by atoms with van der Waals surface area (Å²) >= 11 is 5.88. The van der Waals surface area contributed by atoms with Crippen molar-refractivity contribution < 1.29 is 9.18 Å². The second-order valence-electron chi connectivity index (χ2n) is 7.46. The fourth-order valence-electron chi connectivity index (χ4n) is 4.20. The number of halogens is 2. The van der Waals surface area contributed by atoms with E-state index >= 15 is 0 Å². The van der Waals surface area contributed by atoms with Gasteiger partial charge in [0.1, 0.15) is 5.82 Å². The largest absolute Gasteiger partial charge is 0.350 e. The Morgan fingerprint density at radius 2 is 1.88 bits per heavy atom. The minimum absolute atomic E-state index is 0.0429. The topological polar surface area (TPSA) is 32.3 Å². The highest BCUT2D eigenvalue weighted by molar-refractivity contribution is 6.30. The number of hydrogen-bond acceptors (Lipinski definition) is 2. The van der Waals surface area contributed by atoms with Crippen molar-refractivity contribution in [1.29, 1.82) is 0 Å². The van der Waals surface area contributed by atoms with Crippen molar-refractivity contribution in [3.8, 4) is 0 Å². The average molecular weight is 373 g/mol. The van der Waals surface area contributed by atoms with E-state index in [1.54, 1.807) is 12.1 Å². The monoisotopic (exact) mass is 372 g/mol. The van der Waals surface area contributed by atoms with Gasteiger partial charge in [-0.1, -0.05) is 48.0 Å². The van der Waals surface area contributed by atoms with Gasteiger partial charge in [0.2, 0.25) is 5.91 Å². The highest BCUT2D eigenvalue weighted by Gasteiger charge is 2.45. The Balaban J connectivity index is 1.39. The van der Waals surface area contributed by atoms with Crippen LogP contribution in [0.15, 0.2) is 48.5 Å². The maximum absolute atomic E-state index is 13.3. The van der Waals surface area contributed by atoms with Gasteiger partial charge < -0.3 is 5.32 Å². The van der Waals surface area contributed by atoms with Crippen LogP contribution in [0.1, 0.15) is 36.3 Å². The van der Waals surface area contributed by atoms with Gasteiger partial charge in [0.05, 0.1) is 10.9 Å². The number of benzene rings is 2. The number of likely N-dealkylation sites (tertiary alicyclic amines) is 1. The van der Waals surface area contributed by atoms with Gasteiger partial charge in [-0.25, -0.2) is 4.39 Å². The van der Waals surface area contributed by atoms with Crippen molar-refractivity contribution in [2.24, 2.45) is 0 Å². The molecule has 1 atom stereocenters. The molecule has 0 unspecified atom stereocenters. The summed E-state index contributed by atoms with van der Waals surface area (Å²) in [6.45, 7) is 2.58. The SMILES string of the molecule is O=C1NC2(CCN(Cc3ccc(F)c(Cl)c3)CC2)C[C@@H]1c1ccccc1. The number of amides is 1. The van der Waals surface area contributed by atoms with Crippen molar-refractivity contribution in [1.82, 2.24) is 10.2 Å². The predicted octanol–water partition coefficient (Wildman–Crippen LogP) is 4.12. The molecule has 136 valence electrons. The average Bonchev–Trinajstić information content (AvgIpc) is 2.97. The Morgan fingerprint density at radius 3 is 2.58 bits per heavy atom. The maximum atomic E-state index is 13.3. The molecule has 4 rings (SSSR count). The van der Waals surface area contributed by atoms with Gasteiger partial charge in [0.25, 0.3) is 0 Å². The zero-order chi connectivity index (χ0) is 18.1. The number of rotatable bonds is 3. The predicted molar refractivity (Wildman–Crippen MR) is 101 cm³/mol. The molecule has 2 aromatic carbocycles. The summed E-state index contributed by atoms with van der Waals surface area (Å²) in [5.74, 6) is -0.276. The van der Waals surface area contributed by atoms with E-state index in [0.717, 1.165) is 50.0 Å². The molecule has 0 bridgehead atoms. The van der Waals surface area contributed by atoms with Crippen molar-refractivity contribution in [3.63, 3.8) is 0 Å². The third-order valence-corrected chi connectivity index (χ3v) is 5.99. The zero-order valence-corrected chi connectivity index (χ0v) is 15.3. The summed E-state index contributed by atoms with van der Waals surface area (Å²) < 4.78 is 13.3. The molecule has 0 aromatic heterocycles. The quantitative estimate of drug-likeness (QED) is 0.879. The number of nitrogens with one attached hydrogen (secondary N) is 1. The lowest BCUT2D eigenvalue weighted by Crippen LogP contribution is -2.50. The normalized spacial score (nSPS) is 22.5. The van der Waals surface area contributed by atoms with Crippen molar-refractivity contribution in [2.75, 3.05) is 13.1 Å². The fraction of sp³-hybridized carbons (Fsp3) is 0.381.